The van der Waals surface area contributed by atoms with E-state index in [0.29, 0.717) is 17.2 Å². The number of oxazole rings is 1. The van der Waals surface area contributed by atoms with E-state index < -0.39 is 31.9 Å². The van der Waals surface area contributed by atoms with Crippen molar-refractivity contribution >= 4 is 32.5 Å². The van der Waals surface area contributed by atoms with Gasteiger partial charge in [-0.2, -0.15) is 13.2 Å². The second kappa shape index (κ2) is 7.86. The van der Waals surface area contributed by atoms with Crippen molar-refractivity contribution < 1.29 is 35.5 Å². The molecule has 3 aromatic rings. The van der Waals surface area contributed by atoms with E-state index in [9.17, 15) is 31.2 Å². The number of anilines is 1. The molecule has 1 N–H and O–H groups in total. The lowest BCUT2D eigenvalue weighted by Crippen LogP contribution is -2.24. The van der Waals surface area contributed by atoms with Crippen LogP contribution in [0.15, 0.2) is 56.6 Å². The summed E-state index contributed by atoms with van der Waals surface area (Å²) in [7, 11) is -4.39. The number of carbonyl (C=O) groups is 1. The molecule has 0 aliphatic carbocycles. The number of methoxy groups -OCH3 is 1. The number of fused-ring (bicyclic) bond motifs is 1. The third-order valence-electron chi connectivity index (χ3n) is 4.20. The summed E-state index contributed by atoms with van der Waals surface area (Å²) in [5.41, 5.74) is -4.93. The van der Waals surface area contributed by atoms with Gasteiger partial charge in [-0.05, 0) is 30.3 Å². The van der Waals surface area contributed by atoms with Crippen molar-refractivity contribution in [3.05, 3.63) is 53.0 Å². The molecule has 1 aromatic heterocycles. The molecule has 0 unspecified atom stereocenters. The van der Waals surface area contributed by atoms with Crippen molar-refractivity contribution in [1.82, 2.24) is 4.57 Å². The van der Waals surface area contributed by atoms with E-state index >= 15 is 0 Å². The summed E-state index contributed by atoms with van der Waals surface area (Å²) in [6.45, 7) is -0.0649. The van der Waals surface area contributed by atoms with Gasteiger partial charge in [-0.1, -0.05) is 12.1 Å². The first-order chi connectivity index (χ1) is 14.0. The van der Waals surface area contributed by atoms with Crippen LogP contribution in [0.5, 0.6) is 5.75 Å². The standard InChI is InChI=1S/C18H15F3N2O6S/c1-28-14-7-6-11(30(26,27)18(19,20)21)10-12(14)22-16(24)8-9-23-13-4-2-3-5-15(13)29-17(23)25/h2-7,10H,8-9H2,1H3,(H,22,24). The number of alkyl halides is 3. The molecule has 0 aliphatic heterocycles. The topological polar surface area (TPSA) is 108 Å². The average molecular weight is 444 g/mol. The van der Waals surface area contributed by atoms with E-state index in [-0.39, 0.29) is 24.4 Å². The molecule has 12 heteroatoms. The zero-order valence-corrected chi connectivity index (χ0v) is 16.2. The summed E-state index contributed by atoms with van der Waals surface area (Å²) in [4.78, 5) is 23.2. The molecule has 0 atom stereocenters. The smallest absolute Gasteiger partial charge is 0.495 e. The van der Waals surface area contributed by atoms with Gasteiger partial charge in [0.25, 0.3) is 9.84 Å². The number of amides is 1. The Morgan fingerprint density at radius 1 is 1.20 bits per heavy atom. The van der Waals surface area contributed by atoms with Crippen molar-refractivity contribution in [3.63, 3.8) is 0 Å². The number of hydrogen-bond donors (Lipinski definition) is 1. The van der Waals surface area contributed by atoms with E-state index in [1.54, 1.807) is 24.3 Å². The van der Waals surface area contributed by atoms with Crippen LogP contribution in [-0.2, 0) is 21.2 Å². The predicted octanol–water partition coefficient (Wildman–Crippen LogP) is 2.93. The Morgan fingerprint density at radius 3 is 2.57 bits per heavy atom. The van der Waals surface area contributed by atoms with Crippen LogP contribution in [0.3, 0.4) is 0 Å². The Kier molecular flexibility index (Phi) is 5.61. The molecule has 1 amide bonds. The highest BCUT2D eigenvalue weighted by Gasteiger charge is 2.47. The van der Waals surface area contributed by atoms with Crippen LogP contribution in [0.1, 0.15) is 6.42 Å². The second-order valence-electron chi connectivity index (χ2n) is 6.10. The maximum Gasteiger partial charge on any atom is 0.501 e. The maximum absolute atomic E-state index is 12.8. The van der Waals surface area contributed by atoms with Crippen LogP contribution in [-0.4, -0.2) is 31.5 Å². The fourth-order valence-corrected chi connectivity index (χ4v) is 3.52. The van der Waals surface area contributed by atoms with Crippen LogP contribution in [0.2, 0.25) is 0 Å². The Labute approximate surface area is 167 Å². The minimum absolute atomic E-state index is 0.0320. The highest BCUT2D eigenvalue weighted by Crippen LogP contribution is 2.34. The summed E-state index contributed by atoms with van der Waals surface area (Å²) in [6, 6.07) is 8.98. The predicted molar refractivity (Wildman–Crippen MR) is 100.0 cm³/mol. The quantitative estimate of drug-likeness (QED) is 0.627. The molecule has 3 rings (SSSR count). The van der Waals surface area contributed by atoms with Gasteiger partial charge in [0, 0.05) is 13.0 Å². The molecular formula is C18H15F3N2O6S. The Balaban J connectivity index is 1.81. The molecule has 30 heavy (non-hydrogen) atoms. The number of aromatic nitrogens is 1. The summed E-state index contributed by atoms with van der Waals surface area (Å²) in [6.07, 6.45) is -0.233. The molecule has 0 spiro atoms. The lowest BCUT2D eigenvalue weighted by atomic mass is 10.2. The Hall–Kier alpha value is -3.28. The fraction of sp³-hybridized carbons (Fsp3) is 0.222. The third-order valence-corrected chi connectivity index (χ3v) is 5.68. The van der Waals surface area contributed by atoms with E-state index in [1.165, 1.54) is 11.7 Å². The highest BCUT2D eigenvalue weighted by molar-refractivity contribution is 7.92. The maximum atomic E-state index is 12.8. The van der Waals surface area contributed by atoms with Gasteiger partial charge in [-0.3, -0.25) is 9.36 Å². The molecule has 2 aromatic carbocycles. The van der Waals surface area contributed by atoms with Gasteiger partial charge in [0.1, 0.15) is 5.75 Å². The Morgan fingerprint density at radius 2 is 1.90 bits per heavy atom. The number of aryl methyl sites for hydroxylation is 1. The van der Waals surface area contributed by atoms with Crippen LogP contribution < -0.4 is 15.8 Å². The fourth-order valence-electron chi connectivity index (χ4n) is 2.74. The van der Waals surface area contributed by atoms with Crippen molar-refractivity contribution in [3.8, 4) is 5.75 Å². The van der Waals surface area contributed by atoms with Gasteiger partial charge in [0.15, 0.2) is 5.58 Å². The van der Waals surface area contributed by atoms with Crippen molar-refractivity contribution in [1.29, 1.82) is 0 Å². The first kappa shape index (κ1) is 21.4. The number of rotatable bonds is 6. The molecule has 0 aliphatic rings. The van der Waals surface area contributed by atoms with Gasteiger partial charge >= 0.3 is 11.3 Å². The molecule has 0 bridgehead atoms. The average Bonchev–Trinajstić information content (AvgIpc) is 3.00. The summed E-state index contributed by atoms with van der Waals surface area (Å²) < 4.78 is 72.8. The van der Waals surface area contributed by atoms with Gasteiger partial charge in [-0.15, -0.1) is 0 Å². The van der Waals surface area contributed by atoms with Crippen molar-refractivity contribution in [2.24, 2.45) is 0 Å². The zero-order chi connectivity index (χ0) is 22.1. The summed E-state index contributed by atoms with van der Waals surface area (Å²) in [5, 5.41) is 2.31. The lowest BCUT2D eigenvalue weighted by molar-refractivity contribution is -0.116. The highest BCUT2D eigenvalue weighted by atomic mass is 32.2. The van der Waals surface area contributed by atoms with Gasteiger partial charge in [0.05, 0.1) is 23.2 Å². The molecule has 0 fully saturated rings. The SMILES string of the molecule is COc1ccc(S(=O)(=O)C(F)(F)F)cc1NC(=O)CCn1c(=O)oc2ccccc21. The molecule has 8 nitrogen and oxygen atoms in total. The molecule has 1 heterocycles. The number of benzene rings is 2. The van der Waals surface area contributed by atoms with Crippen molar-refractivity contribution in [2.45, 2.75) is 23.4 Å². The normalized spacial score (nSPS) is 12.1. The van der Waals surface area contributed by atoms with E-state index in [4.69, 9.17) is 9.15 Å². The molecule has 0 radical (unpaired) electrons. The monoisotopic (exact) mass is 444 g/mol. The number of para-hydroxylation sites is 2. The van der Waals surface area contributed by atoms with Crippen LogP contribution >= 0.6 is 0 Å². The molecule has 0 saturated heterocycles. The first-order valence-electron chi connectivity index (χ1n) is 8.42. The summed E-state index contributed by atoms with van der Waals surface area (Å²) >= 11 is 0. The summed E-state index contributed by atoms with van der Waals surface area (Å²) in [5.74, 6) is -1.37. The minimum Gasteiger partial charge on any atom is -0.495 e. The third kappa shape index (κ3) is 4.03. The number of halogens is 3. The first-order valence-corrected chi connectivity index (χ1v) is 9.90. The molecular weight excluding hydrogens is 429 g/mol. The number of nitrogens with zero attached hydrogens (tertiary/aromatic N) is 1. The zero-order valence-electron chi connectivity index (χ0n) is 15.4. The van der Waals surface area contributed by atoms with Crippen LogP contribution in [0, 0.1) is 0 Å². The largest absolute Gasteiger partial charge is 0.501 e. The Bertz CT molecular complexity index is 1260. The molecule has 0 saturated carbocycles. The van der Waals surface area contributed by atoms with Crippen LogP contribution in [0.4, 0.5) is 18.9 Å². The number of nitrogens with one attached hydrogen (secondary N) is 1. The second-order valence-corrected chi connectivity index (χ2v) is 8.04. The number of ether oxygens (including phenoxy) is 1. The molecule has 160 valence electrons. The van der Waals surface area contributed by atoms with Crippen LogP contribution in [0.25, 0.3) is 11.1 Å². The number of carbonyl (C=O) groups excluding carboxylic acids is 1. The lowest BCUT2D eigenvalue weighted by Gasteiger charge is -2.13. The van der Waals surface area contributed by atoms with E-state index in [0.717, 1.165) is 12.1 Å². The number of sulfone groups is 1. The van der Waals surface area contributed by atoms with E-state index in [1.807, 2.05) is 0 Å². The minimum atomic E-state index is -5.60. The van der Waals surface area contributed by atoms with Gasteiger partial charge in [0.2, 0.25) is 5.91 Å². The number of hydrogen-bond acceptors (Lipinski definition) is 6. The van der Waals surface area contributed by atoms with Gasteiger partial charge in [-0.25, -0.2) is 13.2 Å². The van der Waals surface area contributed by atoms with Crippen molar-refractivity contribution in [2.75, 3.05) is 12.4 Å². The van der Waals surface area contributed by atoms with Gasteiger partial charge < -0.3 is 14.5 Å². The van der Waals surface area contributed by atoms with E-state index in [2.05, 4.69) is 5.32 Å².